The fourth-order valence-corrected chi connectivity index (χ4v) is 1.38. The largest absolute Gasteiger partial charge is 0.316 e. The molecular formula is C9H13BrClN. The Hall–Kier alpha value is -0.0500. The molecule has 0 aromatic heterocycles. The Morgan fingerprint density at radius 3 is 2.58 bits per heavy atom. The highest BCUT2D eigenvalue weighted by atomic mass is 79.9. The van der Waals surface area contributed by atoms with Crippen LogP contribution in [0.15, 0.2) is 22.7 Å². The van der Waals surface area contributed by atoms with Gasteiger partial charge in [0, 0.05) is 11.0 Å². The van der Waals surface area contributed by atoms with E-state index in [1.807, 2.05) is 7.05 Å². The van der Waals surface area contributed by atoms with Crippen LogP contribution in [0, 0.1) is 6.92 Å². The van der Waals surface area contributed by atoms with Crippen LogP contribution in [0.2, 0.25) is 0 Å². The van der Waals surface area contributed by atoms with Crippen molar-refractivity contribution in [2.45, 2.75) is 13.5 Å². The van der Waals surface area contributed by atoms with Crippen LogP contribution in [0.25, 0.3) is 0 Å². The molecule has 3 heteroatoms. The van der Waals surface area contributed by atoms with Crippen molar-refractivity contribution < 1.29 is 0 Å². The number of rotatable bonds is 2. The van der Waals surface area contributed by atoms with Crippen LogP contribution in [0.3, 0.4) is 0 Å². The normalized spacial score (nSPS) is 9.25. The topological polar surface area (TPSA) is 12.0 Å². The van der Waals surface area contributed by atoms with E-state index in [1.165, 1.54) is 15.6 Å². The maximum absolute atomic E-state index is 3.49. The van der Waals surface area contributed by atoms with E-state index in [0.717, 1.165) is 6.54 Å². The lowest BCUT2D eigenvalue weighted by atomic mass is 10.1. The number of nitrogens with one attached hydrogen (secondary N) is 1. The maximum atomic E-state index is 3.49. The van der Waals surface area contributed by atoms with Crippen LogP contribution in [0.4, 0.5) is 0 Å². The van der Waals surface area contributed by atoms with Crippen molar-refractivity contribution in [1.82, 2.24) is 5.32 Å². The van der Waals surface area contributed by atoms with Crippen molar-refractivity contribution in [3.63, 3.8) is 0 Å². The van der Waals surface area contributed by atoms with Crippen molar-refractivity contribution >= 4 is 28.3 Å². The Kier molecular flexibility index (Phi) is 5.55. The zero-order chi connectivity index (χ0) is 8.27. The molecule has 0 amide bonds. The summed E-state index contributed by atoms with van der Waals surface area (Å²) in [5, 5.41) is 3.11. The molecule has 0 aliphatic heterocycles. The van der Waals surface area contributed by atoms with Gasteiger partial charge in [0.1, 0.15) is 0 Å². The number of aryl methyl sites for hydroxylation is 1. The monoisotopic (exact) mass is 249 g/mol. The van der Waals surface area contributed by atoms with E-state index in [2.05, 4.69) is 46.4 Å². The molecule has 0 saturated heterocycles. The predicted octanol–water partition coefficient (Wildman–Crippen LogP) is 2.90. The van der Waals surface area contributed by atoms with Crippen LogP contribution in [0.1, 0.15) is 11.1 Å². The molecular weight excluding hydrogens is 237 g/mol. The second kappa shape index (κ2) is 5.57. The van der Waals surface area contributed by atoms with Crippen LogP contribution in [-0.4, -0.2) is 7.05 Å². The molecule has 0 aliphatic carbocycles. The van der Waals surface area contributed by atoms with Crippen molar-refractivity contribution in [3.8, 4) is 0 Å². The lowest BCUT2D eigenvalue weighted by molar-refractivity contribution is 0.817. The fourth-order valence-electron chi connectivity index (χ4n) is 0.950. The average molecular weight is 251 g/mol. The summed E-state index contributed by atoms with van der Waals surface area (Å²) in [6, 6.07) is 6.40. The molecule has 1 rings (SSSR count). The molecule has 0 atom stereocenters. The second-order valence-corrected chi connectivity index (χ2v) is 3.47. The van der Waals surface area contributed by atoms with Crippen LogP contribution < -0.4 is 5.32 Å². The van der Waals surface area contributed by atoms with Crippen LogP contribution in [-0.2, 0) is 6.54 Å². The summed E-state index contributed by atoms with van der Waals surface area (Å²) in [7, 11) is 1.95. The first-order valence-corrected chi connectivity index (χ1v) is 4.43. The van der Waals surface area contributed by atoms with Gasteiger partial charge in [-0.3, -0.25) is 0 Å². The Morgan fingerprint density at radius 2 is 2.08 bits per heavy atom. The van der Waals surface area contributed by atoms with Gasteiger partial charge in [0.25, 0.3) is 0 Å². The van der Waals surface area contributed by atoms with E-state index in [1.54, 1.807) is 0 Å². The van der Waals surface area contributed by atoms with Crippen LogP contribution in [0.5, 0.6) is 0 Å². The van der Waals surface area contributed by atoms with Gasteiger partial charge in [0.05, 0.1) is 0 Å². The summed E-state index contributed by atoms with van der Waals surface area (Å²) in [4.78, 5) is 0. The van der Waals surface area contributed by atoms with Crippen LogP contribution >= 0.6 is 28.3 Å². The van der Waals surface area contributed by atoms with Gasteiger partial charge in [-0.15, -0.1) is 12.4 Å². The van der Waals surface area contributed by atoms with Crippen molar-refractivity contribution in [1.29, 1.82) is 0 Å². The van der Waals surface area contributed by atoms with E-state index in [-0.39, 0.29) is 12.4 Å². The molecule has 0 aliphatic rings. The quantitative estimate of drug-likeness (QED) is 0.851. The minimum Gasteiger partial charge on any atom is -0.316 e. The van der Waals surface area contributed by atoms with Gasteiger partial charge in [0.15, 0.2) is 0 Å². The summed E-state index contributed by atoms with van der Waals surface area (Å²) in [5.74, 6) is 0. The Bertz CT molecular complexity index is 250. The number of hydrogen-bond donors (Lipinski definition) is 1. The molecule has 68 valence electrons. The zero-order valence-corrected chi connectivity index (χ0v) is 9.63. The molecule has 0 radical (unpaired) electrons. The standard InChI is InChI=1S/C9H12BrN.ClH/c1-7-3-4-8(6-11-2)5-9(7)10;/h3-5,11H,6H2,1-2H3;1H. The lowest BCUT2D eigenvalue weighted by Crippen LogP contribution is -2.04. The highest BCUT2D eigenvalue weighted by molar-refractivity contribution is 9.10. The summed E-state index contributed by atoms with van der Waals surface area (Å²) in [6.45, 7) is 3.02. The molecule has 0 fully saturated rings. The summed E-state index contributed by atoms with van der Waals surface area (Å²) < 4.78 is 1.19. The van der Waals surface area contributed by atoms with Crippen molar-refractivity contribution in [3.05, 3.63) is 33.8 Å². The first-order valence-electron chi connectivity index (χ1n) is 3.63. The summed E-state index contributed by atoms with van der Waals surface area (Å²) >= 11 is 3.49. The second-order valence-electron chi connectivity index (χ2n) is 2.61. The molecule has 1 aromatic rings. The van der Waals surface area contributed by atoms with E-state index in [9.17, 15) is 0 Å². The third kappa shape index (κ3) is 3.13. The summed E-state index contributed by atoms with van der Waals surface area (Å²) in [5.41, 5.74) is 2.59. The SMILES string of the molecule is CNCc1ccc(C)c(Br)c1.Cl. The molecule has 1 N–H and O–H groups in total. The van der Waals surface area contributed by atoms with Gasteiger partial charge in [0.2, 0.25) is 0 Å². The zero-order valence-electron chi connectivity index (χ0n) is 7.23. The Labute approximate surface area is 88.1 Å². The minimum atomic E-state index is 0. The Morgan fingerprint density at radius 1 is 1.42 bits per heavy atom. The molecule has 0 heterocycles. The molecule has 1 aromatic carbocycles. The summed E-state index contributed by atoms with van der Waals surface area (Å²) in [6.07, 6.45) is 0. The smallest absolute Gasteiger partial charge is 0.0207 e. The molecule has 0 saturated carbocycles. The third-order valence-electron chi connectivity index (χ3n) is 1.62. The van der Waals surface area contributed by atoms with E-state index in [4.69, 9.17) is 0 Å². The van der Waals surface area contributed by atoms with E-state index in [0.29, 0.717) is 0 Å². The lowest BCUT2D eigenvalue weighted by Gasteiger charge is -2.02. The number of hydrogen-bond acceptors (Lipinski definition) is 1. The first kappa shape index (κ1) is 11.9. The van der Waals surface area contributed by atoms with Gasteiger partial charge >= 0.3 is 0 Å². The number of benzene rings is 1. The molecule has 12 heavy (non-hydrogen) atoms. The van der Waals surface area contributed by atoms with Gasteiger partial charge in [-0.25, -0.2) is 0 Å². The van der Waals surface area contributed by atoms with Crippen molar-refractivity contribution in [2.75, 3.05) is 7.05 Å². The van der Waals surface area contributed by atoms with Gasteiger partial charge in [-0.2, -0.15) is 0 Å². The highest BCUT2D eigenvalue weighted by Crippen LogP contribution is 2.17. The maximum Gasteiger partial charge on any atom is 0.0207 e. The predicted molar refractivity (Wildman–Crippen MR) is 58.9 cm³/mol. The highest BCUT2D eigenvalue weighted by Gasteiger charge is 1.95. The van der Waals surface area contributed by atoms with E-state index < -0.39 is 0 Å². The Balaban J connectivity index is 0.00000121. The fraction of sp³-hybridized carbons (Fsp3) is 0.333. The van der Waals surface area contributed by atoms with Crippen molar-refractivity contribution in [2.24, 2.45) is 0 Å². The molecule has 0 unspecified atom stereocenters. The van der Waals surface area contributed by atoms with E-state index >= 15 is 0 Å². The van der Waals surface area contributed by atoms with Gasteiger partial charge in [-0.1, -0.05) is 28.1 Å². The van der Waals surface area contributed by atoms with Gasteiger partial charge in [-0.05, 0) is 31.2 Å². The van der Waals surface area contributed by atoms with Gasteiger partial charge < -0.3 is 5.32 Å². The molecule has 0 bridgehead atoms. The molecule has 0 spiro atoms. The average Bonchev–Trinajstić information content (AvgIpc) is 1.98. The minimum absolute atomic E-state index is 0. The first-order chi connectivity index (χ1) is 5.24. The number of halogens is 2. The third-order valence-corrected chi connectivity index (χ3v) is 2.47. The molecule has 1 nitrogen and oxygen atoms in total.